The van der Waals surface area contributed by atoms with Gasteiger partial charge in [-0.15, -0.1) is 11.8 Å². The van der Waals surface area contributed by atoms with E-state index in [9.17, 15) is 18.8 Å². The Kier molecular flexibility index (Phi) is 8.86. The third-order valence-electron chi connectivity index (χ3n) is 4.86. The van der Waals surface area contributed by atoms with Gasteiger partial charge in [0, 0.05) is 10.6 Å². The molecule has 0 saturated carbocycles. The van der Waals surface area contributed by atoms with Crippen molar-refractivity contribution >= 4 is 40.9 Å². The van der Waals surface area contributed by atoms with Crippen molar-refractivity contribution in [3.63, 3.8) is 0 Å². The van der Waals surface area contributed by atoms with E-state index in [1.54, 1.807) is 36.4 Å². The molecule has 9 heteroatoms. The molecule has 1 unspecified atom stereocenters. The quantitative estimate of drug-likeness (QED) is 0.318. The topological polar surface area (TPSA) is 93.7 Å². The molecule has 3 aromatic carbocycles. The normalized spacial score (nSPS) is 11.3. The maximum atomic E-state index is 13.0. The lowest BCUT2D eigenvalue weighted by Gasteiger charge is -2.16. The molecule has 0 aromatic heterocycles. The van der Waals surface area contributed by atoms with Gasteiger partial charge in [-0.2, -0.15) is 0 Å². The number of hydrogen-bond acceptors (Lipinski definition) is 6. The van der Waals surface area contributed by atoms with Gasteiger partial charge in [0.25, 0.3) is 5.91 Å². The minimum Gasteiger partial charge on any atom is -0.495 e. The third kappa shape index (κ3) is 7.31. The number of methoxy groups -OCH3 is 1. The molecule has 0 aliphatic carbocycles. The van der Waals surface area contributed by atoms with E-state index >= 15 is 0 Å². The summed E-state index contributed by atoms with van der Waals surface area (Å²) < 4.78 is 23.7. The summed E-state index contributed by atoms with van der Waals surface area (Å²) in [5, 5.41) is 5.38. The minimum atomic E-state index is -1.08. The van der Waals surface area contributed by atoms with Crippen molar-refractivity contribution in [2.24, 2.45) is 0 Å². The molecule has 0 bridgehead atoms. The highest BCUT2D eigenvalue weighted by atomic mass is 32.2. The second-order valence-corrected chi connectivity index (χ2v) is 8.60. The molecule has 7 nitrogen and oxygen atoms in total. The number of amides is 2. The molecule has 1 atom stereocenters. The fourth-order valence-corrected chi connectivity index (χ4v) is 3.91. The summed E-state index contributed by atoms with van der Waals surface area (Å²) in [5.41, 5.74) is 2.11. The number of thioether (sulfide) groups is 1. The Morgan fingerprint density at radius 2 is 1.71 bits per heavy atom. The molecule has 0 aliphatic rings. The van der Waals surface area contributed by atoms with Crippen LogP contribution in [0.1, 0.15) is 22.8 Å². The fourth-order valence-electron chi connectivity index (χ4n) is 3.07. The Hall–Kier alpha value is -3.85. The Labute approximate surface area is 207 Å². The van der Waals surface area contributed by atoms with Crippen LogP contribution in [0.3, 0.4) is 0 Å². The number of nitrogens with one attached hydrogen (secondary N) is 2. The molecule has 2 amide bonds. The van der Waals surface area contributed by atoms with Crippen LogP contribution in [0.2, 0.25) is 0 Å². The van der Waals surface area contributed by atoms with E-state index < -0.39 is 23.8 Å². The van der Waals surface area contributed by atoms with Gasteiger partial charge >= 0.3 is 5.97 Å². The number of carbonyl (C=O) groups excluding carboxylic acids is 3. The lowest BCUT2D eigenvalue weighted by atomic mass is 10.2. The van der Waals surface area contributed by atoms with Gasteiger partial charge in [0.05, 0.1) is 24.1 Å². The zero-order valence-electron chi connectivity index (χ0n) is 19.5. The molecule has 0 fully saturated rings. The van der Waals surface area contributed by atoms with E-state index in [1.165, 1.54) is 38.3 Å². The average molecular weight is 497 g/mol. The van der Waals surface area contributed by atoms with Crippen molar-refractivity contribution in [1.82, 2.24) is 0 Å². The molecule has 35 heavy (non-hydrogen) atoms. The van der Waals surface area contributed by atoms with Gasteiger partial charge in [-0.1, -0.05) is 18.2 Å². The number of rotatable bonds is 9. The van der Waals surface area contributed by atoms with Crippen LogP contribution >= 0.6 is 11.8 Å². The van der Waals surface area contributed by atoms with Crippen LogP contribution in [0.25, 0.3) is 0 Å². The van der Waals surface area contributed by atoms with E-state index in [-0.39, 0.29) is 17.2 Å². The van der Waals surface area contributed by atoms with E-state index in [2.05, 4.69) is 10.6 Å². The SMILES string of the molecule is COc1ccc(C)cc1NC(=O)C(C)OC(=O)c1ccccc1SCC(=O)Nc1ccc(F)cc1. The largest absolute Gasteiger partial charge is 0.495 e. The first-order chi connectivity index (χ1) is 16.8. The van der Waals surface area contributed by atoms with E-state index in [4.69, 9.17) is 9.47 Å². The predicted octanol–water partition coefficient (Wildman–Crippen LogP) is 5.06. The summed E-state index contributed by atoms with van der Waals surface area (Å²) in [7, 11) is 1.50. The first kappa shape index (κ1) is 25.8. The van der Waals surface area contributed by atoms with Gasteiger partial charge in [-0.25, -0.2) is 9.18 Å². The molecule has 3 rings (SSSR count). The summed E-state index contributed by atoms with van der Waals surface area (Å²) in [6.45, 7) is 3.36. The van der Waals surface area contributed by atoms with E-state index in [0.717, 1.165) is 17.3 Å². The number of carbonyl (C=O) groups is 3. The summed E-state index contributed by atoms with van der Waals surface area (Å²) in [6.07, 6.45) is -1.08. The van der Waals surface area contributed by atoms with Crippen LogP contribution in [0.5, 0.6) is 5.75 Å². The molecule has 2 N–H and O–H groups in total. The Morgan fingerprint density at radius 3 is 2.43 bits per heavy atom. The second kappa shape index (κ2) is 12.0. The van der Waals surface area contributed by atoms with Gasteiger partial charge in [0.1, 0.15) is 11.6 Å². The number of aryl methyl sites for hydroxylation is 1. The monoisotopic (exact) mass is 496 g/mol. The number of ether oxygens (including phenoxy) is 2. The van der Waals surface area contributed by atoms with Gasteiger partial charge in [-0.05, 0) is 67.9 Å². The number of anilines is 2. The smallest absolute Gasteiger partial charge is 0.340 e. The molecule has 182 valence electrons. The highest BCUT2D eigenvalue weighted by Crippen LogP contribution is 2.26. The molecular formula is C26H25FN2O5S. The van der Waals surface area contributed by atoms with Gasteiger partial charge < -0.3 is 20.1 Å². The second-order valence-electron chi connectivity index (χ2n) is 7.58. The van der Waals surface area contributed by atoms with Crippen LogP contribution in [0.4, 0.5) is 15.8 Å². The van der Waals surface area contributed by atoms with Crippen LogP contribution < -0.4 is 15.4 Å². The number of esters is 1. The summed E-state index contributed by atoms with van der Waals surface area (Å²) in [5.74, 6) is -1.40. The van der Waals surface area contributed by atoms with E-state index in [0.29, 0.717) is 22.0 Å². The van der Waals surface area contributed by atoms with Gasteiger partial charge in [-0.3, -0.25) is 9.59 Å². The van der Waals surface area contributed by atoms with Crippen LogP contribution in [0.15, 0.2) is 71.6 Å². The average Bonchev–Trinajstić information content (AvgIpc) is 2.84. The van der Waals surface area contributed by atoms with Crippen LogP contribution in [-0.2, 0) is 14.3 Å². The summed E-state index contributed by atoms with van der Waals surface area (Å²) >= 11 is 1.15. The number of halogens is 1. The zero-order chi connectivity index (χ0) is 25.4. The number of benzene rings is 3. The Bertz CT molecular complexity index is 1220. The van der Waals surface area contributed by atoms with Gasteiger partial charge in [0.15, 0.2) is 6.10 Å². The molecule has 0 aliphatic heterocycles. The minimum absolute atomic E-state index is 0.0187. The summed E-state index contributed by atoms with van der Waals surface area (Å²) in [6, 6.07) is 17.4. The number of hydrogen-bond donors (Lipinski definition) is 2. The molecule has 0 radical (unpaired) electrons. The van der Waals surface area contributed by atoms with Crippen molar-refractivity contribution < 1.29 is 28.2 Å². The van der Waals surface area contributed by atoms with Crippen molar-refractivity contribution in [2.45, 2.75) is 24.8 Å². The first-order valence-corrected chi connectivity index (χ1v) is 11.7. The van der Waals surface area contributed by atoms with Crippen molar-refractivity contribution in [3.8, 4) is 5.75 Å². The maximum absolute atomic E-state index is 13.0. The zero-order valence-corrected chi connectivity index (χ0v) is 20.3. The third-order valence-corrected chi connectivity index (χ3v) is 5.93. The van der Waals surface area contributed by atoms with Crippen molar-refractivity contribution in [2.75, 3.05) is 23.5 Å². The van der Waals surface area contributed by atoms with E-state index in [1.807, 2.05) is 13.0 Å². The Balaban J connectivity index is 1.60. The predicted molar refractivity (Wildman–Crippen MR) is 133 cm³/mol. The maximum Gasteiger partial charge on any atom is 0.340 e. The molecule has 0 heterocycles. The first-order valence-electron chi connectivity index (χ1n) is 10.7. The lowest BCUT2D eigenvalue weighted by molar-refractivity contribution is -0.123. The molecular weight excluding hydrogens is 471 g/mol. The molecule has 0 spiro atoms. The lowest BCUT2D eigenvalue weighted by Crippen LogP contribution is -2.30. The standard InChI is InChI=1S/C26H25FN2O5S/c1-16-8-13-22(33-3)21(14-16)29-25(31)17(2)34-26(32)20-6-4-5-7-23(20)35-15-24(30)28-19-11-9-18(27)10-12-19/h4-14,17H,15H2,1-3H3,(H,28,30)(H,29,31). The fraction of sp³-hybridized carbons (Fsp3) is 0.192. The van der Waals surface area contributed by atoms with Crippen molar-refractivity contribution in [3.05, 3.63) is 83.7 Å². The van der Waals surface area contributed by atoms with Crippen LogP contribution in [0, 0.1) is 12.7 Å². The summed E-state index contributed by atoms with van der Waals surface area (Å²) in [4.78, 5) is 38.2. The highest BCUT2D eigenvalue weighted by molar-refractivity contribution is 8.00. The molecule has 0 saturated heterocycles. The van der Waals surface area contributed by atoms with Crippen LogP contribution in [-0.4, -0.2) is 36.8 Å². The van der Waals surface area contributed by atoms with Crippen molar-refractivity contribution in [1.29, 1.82) is 0 Å². The Morgan fingerprint density at radius 1 is 1.00 bits per heavy atom. The molecule has 3 aromatic rings. The van der Waals surface area contributed by atoms with Gasteiger partial charge in [0.2, 0.25) is 5.91 Å². The highest BCUT2D eigenvalue weighted by Gasteiger charge is 2.22.